The van der Waals surface area contributed by atoms with Crippen molar-refractivity contribution in [2.45, 2.75) is 12.8 Å². The minimum Gasteiger partial charge on any atom is -0.352 e. The van der Waals surface area contributed by atoms with E-state index in [1.807, 2.05) is 53.2 Å². The number of pyridine rings is 1. The first kappa shape index (κ1) is 22.4. The number of aromatic nitrogens is 2. The first-order valence-corrected chi connectivity index (χ1v) is 11.7. The zero-order chi connectivity index (χ0) is 23.8. The third-order valence-electron chi connectivity index (χ3n) is 6.19. The number of hydrogen-bond acceptors (Lipinski definition) is 3. The molecule has 4 aromatic rings. The van der Waals surface area contributed by atoms with Crippen LogP contribution in [0.4, 0.5) is 5.69 Å². The number of aryl methyl sites for hydroxylation is 1. The van der Waals surface area contributed by atoms with Crippen LogP contribution in [0.5, 0.6) is 0 Å². The molecule has 34 heavy (non-hydrogen) atoms. The van der Waals surface area contributed by atoms with Crippen molar-refractivity contribution in [2.75, 3.05) is 18.0 Å². The zero-order valence-electron chi connectivity index (χ0n) is 18.5. The lowest BCUT2D eigenvalue weighted by Crippen LogP contribution is -2.38. The van der Waals surface area contributed by atoms with Crippen LogP contribution in [0.2, 0.25) is 10.0 Å². The Bertz CT molecular complexity index is 1430. The van der Waals surface area contributed by atoms with Crippen LogP contribution in [0.1, 0.15) is 31.8 Å². The Morgan fingerprint density at radius 3 is 2.38 bits per heavy atom. The zero-order valence-corrected chi connectivity index (χ0v) is 20.0. The van der Waals surface area contributed by atoms with Gasteiger partial charge >= 0.3 is 0 Å². The summed E-state index contributed by atoms with van der Waals surface area (Å²) in [6.45, 7) is 1.35. The van der Waals surface area contributed by atoms with Crippen molar-refractivity contribution in [3.05, 3.63) is 93.4 Å². The molecule has 0 aliphatic carbocycles. The highest BCUT2D eigenvalue weighted by atomic mass is 35.5. The van der Waals surface area contributed by atoms with Crippen molar-refractivity contribution in [2.24, 2.45) is 7.05 Å². The van der Waals surface area contributed by atoms with Gasteiger partial charge in [0.2, 0.25) is 0 Å². The fraction of sp³-hybridized carbons (Fsp3) is 0.192. The molecule has 0 fully saturated rings. The summed E-state index contributed by atoms with van der Waals surface area (Å²) in [4.78, 5) is 30.2. The summed E-state index contributed by atoms with van der Waals surface area (Å²) in [6.07, 6.45) is 7.24. The second-order valence-electron chi connectivity index (χ2n) is 8.34. The normalized spacial score (nSPS) is 14.7. The largest absolute Gasteiger partial charge is 0.352 e. The van der Waals surface area contributed by atoms with Crippen LogP contribution < -0.4 is 10.2 Å². The molecule has 172 valence electrons. The van der Waals surface area contributed by atoms with Gasteiger partial charge in [-0.1, -0.05) is 23.2 Å². The molecule has 0 unspecified atom stereocenters. The van der Waals surface area contributed by atoms with Crippen LogP contribution in [0.25, 0.3) is 10.9 Å². The van der Waals surface area contributed by atoms with E-state index in [1.54, 1.807) is 24.4 Å². The second-order valence-corrected chi connectivity index (χ2v) is 9.21. The molecule has 6 rings (SSSR count). The smallest absolute Gasteiger partial charge is 0.258 e. The number of rotatable bonds is 1. The first-order valence-electron chi connectivity index (χ1n) is 11.0. The van der Waals surface area contributed by atoms with Crippen molar-refractivity contribution < 1.29 is 9.59 Å². The summed E-state index contributed by atoms with van der Waals surface area (Å²) in [7, 11) is 1.98. The Balaban J connectivity index is 0.000000169. The van der Waals surface area contributed by atoms with Gasteiger partial charge in [-0.2, -0.15) is 0 Å². The number of halogens is 2. The number of carbonyl (C=O) groups is 2. The molecule has 2 aliphatic heterocycles. The van der Waals surface area contributed by atoms with Crippen LogP contribution in [-0.4, -0.2) is 34.5 Å². The molecule has 6 nitrogen and oxygen atoms in total. The van der Waals surface area contributed by atoms with Crippen molar-refractivity contribution >= 4 is 51.6 Å². The number of benzene rings is 2. The molecule has 2 aromatic heterocycles. The third kappa shape index (κ3) is 4.15. The maximum Gasteiger partial charge on any atom is 0.258 e. The van der Waals surface area contributed by atoms with Gasteiger partial charge in [0.1, 0.15) is 0 Å². The number of nitrogens with one attached hydrogen (secondary N) is 1. The molecule has 8 heteroatoms. The Labute approximate surface area is 207 Å². The molecule has 0 saturated heterocycles. The molecule has 0 atom stereocenters. The van der Waals surface area contributed by atoms with Gasteiger partial charge in [-0.25, -0.2) is 0 Å². The molecule has 1 N–H and O–H groups in total. The van der Waals surface area contributed by atoms with E-state index in [1.165, 1.54) is 0 Å². The molecular formula is C26H22Cl2N4O2. The Morgan fingerprint density at radius 2 is 1.62 bits per heavy atom. The van der Waals surface area contributed by atoms with E-state index < -0.39 is 0 Å². The molecular weight excluding hydrogens is 471 g/mol. The third-order valence-corrected chi connectivity index (χ3v) is 6.66. The van der Waals surface area contributed by atoms with Gasteiger partial charge in [0, 0.05) is 59.1 Å². The maximum atomic E-state index is 12.9. The highest BCUT2D eigenvalue weighted by molar-refractivity contribution is 6.31. The van der Waals surface area contributed by atoms with Gasteiger partial charge in [-0.05, 0) is 66.4 Å². The van der Waals surface area contributed by atoms with E-state index >= 15 is 0 Å². The maximum absolute atomic E-state index is 12.9. The molecule has 0 bridgehead atoms. The molecule has 0 spiro atoms. The second kappa shape index (κ2) is 9.12. The standard InChI is InChI=1S/C17H14ClN3O.C9H8ClNO/c1-20-6-4-12-9-19-10-15(16(12)20)21-7-5-11-8-13(18)2-3-14(11)17(21)22;10-7-1-2-8-6(5-7)3-4-11-9(8)12/h2-4,6,8-10H,5,7H2,1H3;1-2,5H,3-4H2,(H,11,12). The monoisotopic (exact) mass is 492 g/mol. The predicted molar refractivity (Wildman–Crippen MR) is 135 cm³/mol. The molecule has 2 amide bonds. The number of amides is 2. The van der Waals surface area contributed by atoms with Crippen LogP contribution in [0.15, 0.2) is 61.1 Å². The van der Waals surface area contributed by atoms with Gasteiger partial charge in [0.25, 0.3) is 11.8 Å². The van der Waals surface area contributed by atoms with Crippen molar-refractivity contribution in [1.82, 2.24) is 14.9 Å². The fourth-order valence-electron chi connectivity index (χ4n) is 4.51. The van der Waals surface area contributed by atoms with Crippen LogP contribution in [0.3, 0.4) is 0 Å². The van der Waals surface area contributed by atoms with E-state index in [0.717, 1.165) is 51.7 Å². The number of carbonyl (C=O) groups excluding carboxylic acids is 2. The van der Waals surface area contributed by atoms with Crippen molar-refractivity contribution in [1.29, 1.82) is 0 Å². The minimum atomic E-state index is 0.00733. The number of hydrogen-bond donors (Lipinski definition) is 1. The highest BCUT2D eigenvalue weighted by Gasteiger charge is 2.27. The topological polar surface area (TPSA) is 67.2 Å². The Hall–Kier alpha value is -3.35. The predicted octanol–water partition coefficient (Wildman–Crippen LogP) is 5.06. The van der Waals surface area contributed by atoms with Gasteiger partial charge < -0.3 is 14.8 Å². The van der Waals surface area contributed by atoms with E-state index in [9.17, 15) is 9.59 Å². The average Bonchev–Trinajstić information content (AvgIpc) is 3.21. The minimum absolute atomic E-state index is 0.00733. The van der Waals surface area contributed by atoms with E-state index in [4.69, 9.17) is 23.2 Å². The molecule has 0 saturated carbocycles. The summed E-state index contributed by atoms with van der Waals surface area (Å²) in [5.41, 5.74) is 5.43. The lowest BCUT2D eigenvalue weighted by Gasteiger charge is -2.29. The summed E-state index contributed by atoms with van der Waals surface area (Å²) in [5, 5.41) is 5.18. The molecule has 2 aliphatic rings. The van der Waals surface area contributed by atoms with Gasteiger partial charge in [-0.15, -0.1) is 0 Å². The molecule has 4 heterocycles. The summed E-state index contributed by atoms with van der Waals surface area (Å²) in [6, 6.07) is 12.8. The van der Waals surface area contributed by atoms with Gasteiger partial charge in [0.05, 0.1) is 17.4 Å². The van der Waals surface area contributed by atoms with Gasteiger partial charge in [-0.3, -0.25) is 14.6 Å². The van der Waals surface area contributed by atoms with E-state index in [-0.39, 0.29) is 11.8 Å². The van der Waals surface area contributed by atoms with Gasteiger partial charge in [0.15, 0.2) is 0 Å². The first-order chi connectivity index (χ1) is 16.4. The molecule has 0 radical (unpaired) electrons. The van der Waals surface area contributed by atoms with E-state index in [2.05, 4.69) is 10.3 Å². The number of anilines is 1. The Kier molecular flexibility index (Phi) is 6.02. The fourth-order valence-corrected chi connectivity index (χ4v) is 4.90. The number of nitrogens with zero attached hydrogens (tertiary/aromatic N) is 3. The van der Waals surface area contributed by atoms with Crippen molar-refractivity contribution in [3.8, 4) is 0 Å². The summed E-state index contributed by atoms with van der Waals surface area (Å²) < 4.78 is 2.02. The van der Waals surface area contributed by atoms with Crippen molar-refractivity contribution in [3.63, 3.8) is 0 Å². The van der Waals surface area contributed by atoms with Crippen LogP contribution >= 0.6 is 23.2 Å². The lowest BCUT2D eigenvalue weighted by molar-refractivity contribution is 0.0944. The quantitative estimate of drug-likeness (QED) is 0.403. The SMILES string of the molecule is Cn1ccc2cncc(N3CCc4cc(Cl)ccc4C3=O)c21.O=C1NCCc2cc(Cl)ccc21. The van der Waals surface area contributed by atoms with Crippen LogP contribution in [0, 0.1) is 0 Å². The summed E-state index contributed by atoms with van der Waals surface area (Å²) in [5.74, 6) is 0.0151. The van der Waals surface area contributed by atoms with Crippen LogP contribution in [-0.2, 0) is 19.9 Å². The van der Waals surface area contributed by atoms with E-state index in [0.29, 0.717) is 23.1 Å². The average molecular weight is 493 g/mol. The molecule has 2 aromatic carbocycles. The number of fused-ring (bicyclic) bond motifs is 3. The lowest BCUT2D eigenvalue weighted by atomic mass is 9.98. The summed E-state index contributed by atoms with van der Waals surface area (Å²) >= 11 is 11.8. The highest BCUT2D eigenvalue weighted by Crippen LogP contribution is 2.31. The Morgan fingerprint density at radius 1 is 0.912 bits per heavy atom.